The van der Waals surface area contributed by atoms with Crippen LogP contribution in [0, 0.1) is 12.7 Å². The number of carbonyl (C=O) groups is 1. The van der Waals surface area contributed by atoms with E-state index in [-0.39, 0.29) is 11.3 Å². The zero-order valence-electron chi connectivity index (χ0n) is 10.1. The van der Waals surface area contributed by atoms with Crippen LogP contribution in [0.4, 0.5) is 4.39 Å². The lowest BCUT2D eigenvalue weighted by Crippen LogP contribution is -2.29. The number of carbonyl (C=O) groups excluding carboxylic acids is 1. The van der Waals surface area contributed by atoms with Crippen molar-refractivity contribution in [3.63, 3.8) is 0 Å². The fraction of sp³-hybridized carbons (Fsp3) is 0.462. The summed E-state index contributed by atoms with van der Waals surface area (Å²) in [5.41, 5.74) is 1.06. The van der Waals surface area contributed by atoms with E-state index in [9.17, 15) is 9.18 Å². The van der Waals surface area contributed by atoms with Gasteiger partial charge in [0, 0.05) is 12.1 Å². The van der Waals surface area contributed by atoms with Crippen molar-refractivity contribution in [3.8, 4) is 0 Å². The van der Waals surface area contributed by atoms with Gasteiger partial charge in [0.25, 0.3) is 5.91 Å². The zero-order valence-corrected chi connectivity index (χ0v) is 10.9. The molecule has 0 fully saturated rings. The molecule has 0 saturated carbocycles. The van der Waals surface area contributed by atoms with Gasteiger partial charge in [0.1, 0.15) is 5.82 Å². The van der Waals surface area contributed by atoms with Gasteiger partial charge >= 0.3 is 0 Å². The molecule has 0 aliphatic carbocycles. The predicted molar refractivity (Wildman–Crippen MR) is 68.0 cm³/mol. The average molecular weight is 258 g/mol. The summed E-state index contributed by atoms with van der Waals surface area (Å²) >= 11 is 5.99. The Morgan fingerprint density at radius 3 is 2.76 bits per heavy atom. The largest absolute Gasteiger partial charge is 0.351 e. The first-order valence-electron chi connectivity index (χ1n) is 5.72. The minimum absolute atomic E-state index is 0.0707. The molecule has 0 spiro atoms. The average Bonchev–Trinajstić information content (AvgIpc) is 2.25. The molecule has 1 aromatic rings. The molecule has 4 heteroatoms. The van der Waals surface area contributed by atoms with Gasteiger partial charge in [0.2, 0.25) is 0 Å². The van der Waals surface area contributed by atoms with Crippen LogP contribution < -0.4 is 5.32 Å². The molecule has 1 N–H and O–H groups in total. The third-order valence-corrected chi connectivity index (χ3v) is 2.76. The van der Waals surface area contributed by atoms with Crippen LogP contribution in [0.1, 0.15) is 35.7 Å². The van der Waals surface area contributed by atoms with E-state index in [0.717, 1.165) is 18.4 Å². The number of benzene rings is 1. The van der Waals surface area contributed by atoms with E-state index in [1.54, 1.807) is 13.0 Å². The monoisotopic (exact) mass is 257 g/mol. The number of rotatable bonds is 5. The number of hydrogen-bond acceptors (Lipinski definition) is 1. The standard InChI is InChI=1S/C13H17ClFNO/c1-3-4-11(14)8-16-13(17)10-5-9(2)6-12(15)7-10/h5-7,11H,3-4,8H2,1-2H3,(H,16,17). The first-order valence-corrected chi connectivity index (χ1v) is 6.16. The molecule has 0 heterocycles. The Balaban J connectivity index is 2.58. The van der Waals surface area contributed by atoms with Gasteiger partial charge in [0.05, 0.1) is 5.38 Å². The quantitative estimate of drug-likeness (QED) is 0.806. The number of hydrogen-bond donors (Lipinski definition) is 1. The molecule has 0 bridgehead atoms. The molecule has 0 aliphatic heterocycles. The molecule has 2 nitrogen and oxygen atoms in total. The second-order valence-electron chi connectivity index (χ2n) is 4.11. The van der Waals surface area contributed by atoms with Gasteiger partial charge < -0.3 is 5.32 Å². The highest BCUT2D eigenvalue weighted by Gasteiger charge is 2.10. The van der Waals surface area contributed by atoms with Gasteiger partial charge in [-0.1, -0.05) is 13.3 Å². The summed E-state index contributed by atoms with van der Waals surface area (Å²) in [5, 5.41) is 2.63. The van der Waals surface area contributed by atoms with Crippen molar-refractivity contribution in [2.75, 3.05) is 6.54 Å². The van der Waals surface area contributed by atoms with E-state index in [1.807, 2.05) is 6.92 Å². The highest BCUT2D eigenvalue weighted by molar-refractivity contribution is 6.20. The van der Waals surface area contributed by atoms with Crippen molar-refractivity contribution in [2.24, 2.45) is 0 Å². The molecular formula is C13H17ClFNO. The lowest BCUT2D eigenvalue weighted by molar-refractivity contribution is 0.0952. The molecule has 0 radical (unpaired) electrons. The summed E-state index contributed by atoms with van der Waals surface area (Å²) in [6.45, 7) is 4.19. The molecule has 94 valence electrons. The van der Waals surface area contributed by atoms with Gasteiger partial charge in [-0.05, 0) is 37.1 Å². The van der Waals surface area contributed by atoms with Crippen LogP contribution >= 0.6 is 11.6 Å². The lowest BCUT2D eigenvalue weighted by atomic mass is 10.1. The number of nitrogens with one attached hydrogen (secondary N) is 1. The second-order valence-corrected chi connectivity index (χ2v) is 4.73. The smallest absolute Gasteiger partial charge is 0.251 e. The van der Waals surface area contributed by atoms with Crippen LogP contribution in [-0.2, 0) is 0 Å². The van der Waals surface area contributed by atoms with Crippen molar-refractivity contribution in [1.82, 2.24) is 5.32 Å². The third kappa shape index (κ3) is 4.73. The Morgan fingerprint density at radius 2 is 2.18 bits per heavy atom. The highest BCUT2D eigenvalue weighted by atomic mass is 35.5. The number of amides is 1. The van der Waals surface area contributed by atoms with E-state index in [1.165, 1.54) is 12.1 Å². The summed E-state index contributed by atoms with van der Waals surface area (Å²) in [6.07, 6.45) is 1.83. The van der Waals surface area contributed by atoms with Crippen LogP contribution in [0.15, 0.2) is 18.2 Å². The van der Waals surface area contributed by atoms with Crippen molar-refractivity contribution >= 4 is 17.5 Å². The summed E-state index contributed by atoms with van der Waals surface area (Å²) in [7, 11) is 0. The summed E-state index contributed by atoms with van der Waals surface area (Å²) in [4.78, 5) is 11.7. The molecule has 1 rings (SSSR count). The van der Waals surface area contributed by atoms with E-state index < -0.39 is 5.82 Å². The normalized spacial score (nSPS) is 12.2. The minimum Gasteiger partial charge on any atom is -0.351 e. The third-order valence-electron chi connectivity index (χ3n) is 2.39. The molecule has 0 saturated heterocycles. The minimum atomic E-state index is -0.397. The molecular weight excluding hydrogens is 241 g/mol. The Morgan fingerprint density at radius 1 is 1.47 bits per heavy atom. The Labute approximate surface area is 106 Å². The molecule has 1 aromatic carbocycles. The van der Waals surface area contributed by atoms with E-state index in [0.29, 0.717) is 12.1 Å². The highest BCUT2D eigenvalue weighted by Crippen LogP contribution is 2.09. The topological polar surface area (TPSA) is 29.1 Å². The van der Waals surface area contributed by atoms with Gasteiger partial charge in [-0.15, -0.1) is 11.6 Å². The van der Waals surface area contributed by atoms with Crippen LogP contribution in [0.3, 0.4) is 0 Å². The summed E-state index contributed by atoms with van der Waals surface area (Å²) in [6, 6.07) is 4.27. The molecule has 1 unspecified atom stereocenters. The zero-order chi connectivity index (χ0) is 12.8. The van der Waals surface area contributed by atoms with Crippen molar-refractivity contribution in [2.45, 2.75) is 32.1 Å². The fourth-order valence-corrected chi connectivity index (χ4v) is 1.88. The molecule has 0 aromatic heterocycles. The maximum atomic E-state index is 13.1. The first kappa shape index (κ1) is 14.0. The summed E-state index contributed by atoms with van der Waals surface area (Å²) < 4.78 is 13.1. The molecule has 1 amide bonds. The van der Waals surface area contributed by atoms with E-state index in [4.69, 9.17) is 11.6 Å². The van der Waals surface area contributed by atoms with Gasteiger partial charge in [-0.3, -0.25) is 4.79 Å². The first-order chi connectivity index (χ1) is 8.02. The SMILES string of the molecule is CCCC(Cl)CNC(=O)c1cc(C)cc(F)c1. The van der Waals surface area contributed by atoms with Crippen LogP contribution in [-0.4, -0.2) is 17.8 Å². The van der Waals surface area contributed by atoms with Gasteiger partial charge in [-0.25, -0.2) is 4.39 Å². The number of halogens is 2. The Bertz CT molecular complexity index is 375. The Hall–Kier alpha value is -1.09. The maximum Gasteiger partial charge on any atom is 0.251 e. The van der Waals surface area contributed by atoms with E-state index in [2.05, 4.69) is 5.32 Å². The fourth-order valence-electron chi connectivity index (χ4n) is 1.59. The van der Waals surface area contributed by atoms with Crippen molar-refractivity contribution < 1.29 is 9.18 Å². The molecule has 0 aliphatic rings. The van der Waals surface area contributed by atoms with Crippen molar-refractivity contribution in [1.29, 1.82) is 0 Å². The second kappa shape index (κ2) is 6.60. The molecule has 17 heavy (non-hydrogen) atoms. The summed E-state index contributed by atoms with van der Waals surface area (Å²) in [5.74, 6) is -0.680. The molecule has 1 atom stereocenters. The van der Waals surface area contributed by atoms with Gasteiger partial charge in [0.15, 0.2) is 0 Å². The Kier molecular flexibility index (Phi) is 5.42. The van der Waals surface area contributed by atoms with Crippen LogP contribution in [0.5, 0.6) is 0 Å². The maximum absolute atomic E-state index is 13.1. The number of alkyl halides is 1. The van der Waals surface area contributed by atoms with Gasteiger partial charge in [-0.2, -0.15) is 0 Å². The van der Waals surface area contributed by atoms with Crippen LogP contribution in [0.2, 0.25) is 0 Å². The van der Waals surface area contributed by atoms with Crippen LogP contribution in [0.25, 0.3) is 0 Å². The lowest BCUT2D eigenvalue weighted by Gasteiger charge is -2.10. The predicted octanol–water partition coefficient (Wildman–Crippen LogP) is 3.27. The number of aryl methyl sites for hydroxylation is 1. The van der Waals surface area contributed by atoms with E-state index >= 15 is 0 Å². The van der Waals surface area contributed by atoms with Crippen molar-refractivity contribution in [3.05, 3.63) is 35.1 Å².